The highest BCUT2D eigenvalue weighted by molar-refractivity contribution is 5.14. The maximum absolute atomic E-state index is 5.15. The van der Waals surface area contributed by atoms with E-state index in [0.717, 1.165) is 26.1 Å². The van der Waals surface area contributed by atoms with Crippen LogP contribution >= 0.6 is 0 Å². The zero-order valence-corrected chi connectivity index (χ0v) is 12.8. The van der Waals surface area contributed by atoms with Crippen molar-refractivity contribution in [3.8, 4) is 0 Å². The minimum Gasteiger partial charge on any atom is -0.385 e. The van der Waals surface area contributed by atoms with Crippen LogP contribution in [0, 0.1) is 0 Å². The monoisotopic (exact) mass is 276 g/mol. The first-order valence-corrected chi connectivity index (χ1v) is 7.79. The Kier molecular flexibility index (Phi) is 6.51. The van der Waals surface area contributed by atoms with Crippen LogP contribution in [0.5, 0.6) is 0 Å². The van der Waals surface area contributed by atoms with Crippen LogP contribution in [0.15, 0.2) is 30.3 Å². The van der Waals surface area contributed by atoms with Crippen molar-refractivity contribution in [3.63, 3.8) is 0 Å². The van der Waals surface area contributed by atoms with Crippen LogP contribution in [0.2, 0.25) is 0 Å². The molecule has 0 aliphatic carbocycles. The molecule has 0 spiro atoms. The van der Waals surface area contributed by atoms with Crippen molar-refractivity contribution in [3.05, 3.63) is 35.9 Å². The zero-order chi connectivity index (χ0) is 14.2. The number of likely N-dealkylation sites (tertiary alicyclic amines) is 1. The first kappa shape index (κ1) is 15.5. The maximum Gasteiger partial charge on any atom is 0.0476 e. The number of rotatable bonds is 7. The summed E-state index contributed by atoms with van der Waals surface area (Å²) in [6.07, 6.45) is 3.68. The van der Waals surface area contributed by atoms with Gasteiger partial charge in [-0.25, -0.2) is 0 Å². The predicted octanol–water partition coefficient (Wildman–Crippen LogP) is 2.67. The standard InChI is InChI=1S/C17H28N2O/c1-15(10-12-20-2)18-17-9-6-11-19(14-17)13-16-7-4-3-5-8-16/h3-5,7-8,15,17-18H,6,9-14H2,1-2H3. The van der Waals surface area contributed by atoms with Crippen molar-refractivity contribution in [2.75, 3.05) is 26.8 Å². The van der Waals surface area contributed by atoms with Gasteiger partial charge in [-0.1, -0.05) is 30.3 Å². The van der Waals surface area contributed by atoms with E-state index >= 15 is 0 Å². The van der Waals surface area contributed by atoms with Gasteiger partial charge in [-0.2, -0.15) is 0 Å². The van der Waals surface area contributed by atoms with E-state index in [1.54, 1.807) is 7.11 Å². The van der Waals surface area contributed by atoms with E-state index in [9.17, 15) is 0 Å². The van der Waals surface area contributed by atoms with E-state index in [2.05, 4.69) is 47.5 Å². The predicted molar refractivity (Wildman–Crippen MR) is 83.8 cm³/mol. The van der Waals surface area contributed by atoms with E-state index in [1.165, 1.54) is 24.9 Å². The average molecular weight is 276 g/mol. The Bertz CT molecular complexity index is 369. The Labute approximate surface area is 123 Å². The lowest BCUT2D eigenvalue weighted by molar-refractivity contribution is 0.158. The minimum atomic E-state index is 0.539. The maximum atomic E-state index is 5.15. The number of hydrogen-bond acceptors (Lipinski definition) is 3. The highest BCUT2D eigenvalue weighted by Crippen LogP contribution is 2.14. The Morgan fingerprint density at radius 3 is 2.90 bits per heavy atom. The fraction of sp³-hybridized carbons (Fsp3) is 0.647. The van der Waals surface area contributed by atoms with Crippen LogP contribution in [-0.2, 0) is 11.3 Å². The van der Waals surface area contributed by atoms with E-state index in [-0.39, 0.29) is 0 Å². The van der Waals surface area contributed by atoms with Crippen LogP contribution < -0.4 is 5.32 Å². The SMILES string of the molecule is COCCC(C)NC1CCCN(Cc2ccccc2)C1. The zero-order valence-electron chi connectivity index (χ0n) is 12.8. The lowest BCUT2D eigenvalue weighted by atomic mass is 10.0. The third-order valence-corrected chi connectivity index (χ3v) is 4.03. The third kappa shape index (κ3) is 5.23. The molecule has 0 aromatic heterocycles. The Morgan fingerprint density at radius 1 is 1.35 bits per heavy atom. The molecule has 1 fully saturated rings. The third-order valence-electron chi connectivity index (χ3n) is 4.03. The van der Waals surface area contributed by atoms with Crippen LogP contribution in [0.3, 0.4) is 0 Å². The van der Waals surface area contributed by atoms with E-state index in [4.69, 9.17) is 4.74 Å². The summed E-state index contributed by atoms with van der Waals surface area (Å²) in [7, 11) is 1.77. The molecule has 0 bridgehead atoms. The van der Waals surface area contributed by atoms with Gasteiger partial charge in [0.15, 0.2) is 0 Å². The van der Waals surface area contributed by atoms with Crippen molar-refractivity contribution in [1.82, 2.24) is 10.2 Å². The molecule has 2 atom stereocenters. The lowest BCUT2D eigenvalue weighted by Gasteiger charge is -2.34. The van der Waals surface area contributed by atoms with Crippen molar-refractivity contribution in [2.45, 2.75) is 44.8 Å². The molecule has 0 radical (unpaired) electrons. The normalized spacial score (nSPS) is 21.8. The summed E-state index contributed by atoms with van der Waals surface area (Å²) in [6.45, 7) is 6.56. The molecule has 0 amide bonds. The quantitative estimate of drug-likeness (QED) is 0.828. The molecular formula is C17H28N2O. The summed E-state index contributed by atoms with van der Waals surface area (Å²) in [5.41, 5.74) is 1.42. The molecule has 1 aromatic rings. The van der Waals surface area contributed by atoms with Gasteiger partial charge in [0, 0.05) is 38.9 Å². The molecule has 1 aliphatic heterocycles. The molecule has 0 saturated carbocycles. The molecule has 1 N–H and O–H groups in total. The molecule has 1 heterocycles. The molecule has 1 saturated heterocycles. The minimum absolute atomic E-state index is 0.539. The van der Waals surface area contributed by atoms with Crippen molar-refractivity contribution in [1.29, 1.82) is 0 Å². The van der Waals surface area contributed by atoms with Crippen LogP contribution in [0.25, 0.3) is 0 Å². The van der Waals surface area contributed by atoms with Crippen LogP contribution in [0.4, 0.5) is 0 Å². The van der Waals surface area contributed by atoms with Gasteiger partial charge in [0.05, 0.1) is 0 Å². The van der Waals surface area contributed by atoms with E-state index in [0.29, 0.717) is 12.1 Å². The summed E-state index contributed by atoms with van der Waals surface area (Å²) in [6, 6.07) is 11.9. The van der Waals surface area contributed by atoms with Gasteiger partial charge >= 0.3 is 0 Å². The van der Waals surface area contributed by atoms with Crippen LogP contribution in [-0.4, -0.2) is 43.8 Å². The van der Waals surface area contributed by atoms with Gasteiger partial charge in [0.1, 0.15) is 0 Å². The van der Waals surface area contributed by atoms with Crippen molar-refractivity contribution < 1.29 is 4.74 Å². The summed E-state index contributed by atoms with van der Waals surface area (Å²) in [5.74, 6) is 0. The number of methoxy groups -OCH3 is 1. The Morgan fingerprint density at radius 2 is 2.15 bits per heavy atom. The largest absolute Gasteiger partial charge is 0.385 e. The highest BCUT2D eigenvalue weighted by Gasteiger charge is 2.20. The molecule has 1 aromatic carbocycles. The highest BCUT2D eigenvalue weighted by atomic mass is 16.5. The van der Waals surface area contributed by atoms with Gasteiger partial charge < -0.3 is 10.1 Å². The smallest absolute Gasteiger partial charge is 0.0476 e. The summed E-state index contributed by atoms with van der Waals surface area (Å²) in [5, 5.41) is 3.75. The summed E-state index contributed by atoms with van der Waals surface area (Å²) < 4.78 is 5.15. The second-order valence-corrected chi connectivity index (χ2v) is 5.91. The van der Waals surface area contributed by atoms with Crippen molar-refractivity contribution in [2.24, 2.45) is 0 Å². The number of hydrogen-bond donors (Lipinski definition) is 1. The molecule has 3 nitrogen and oxygen atoms in total. The van der Waals surface area contributed by atoms with Gasteiger partial charge in [0.2, 0.25) is 0 Å². The Hall–Kier alpha value is -0.900. The first-order valence-electron chi connectivity index (χ1n) is 7.79. The number of piperidine rings is 1. The fourth-order valence-electron chi connectivity index (χ4n) is 2.96. The first-order chi connectivity index (χ1) is 9.78. The number of ether oxygens (including phenoxy) is 1. The van der Waals surface area contributed by atoms with E-state index < -0.39 is 0 Å². The van der Waals surface area contributed by atoms with E-state index in [1.807, 2.05) is 0 Å². The molecule has 20 heavy (non-hydrogen) atoms. The van der Waals surface area contributed by atoms with Crippen LogP contribution in [0.1, 0.15) is 31.7 Å². The Balaban J connectivity index is 1.76. The number of nitrogens with one attached hydrogen (secondary N) is 1. The molecule has 112 valence electrons. The average Bonchev–Trinajstić information content (AvgIpc) is 2.46. The molecular weight excluding hydrogens is 248 g/mol. The number of benzene rings is 1. The molecule has 2 unspecified atom stereocenters. The van der Waals surface area contributed by atoms with Crippen molar-refractivity contribution >= 4 is 0 Å². The number of nitrogens with zero attached hydrogens (tertiary/aromatic N) is 1. The molecule has 3 heteroatoms. The summed E-state index contributed by atoms with van der Waals surface area (Å²) >= 11 is 0. The topological polar surface area (TPSA) is 24.5 Å². The second kappa shape index (κ2) is 8.40. The van der Waals surface area contributed by atoms with Gasteiger partial charge in [-0.3, -0.25) is 4.90 Å². The van der Waals surface area contributed by atoms with Gasteiger partial charge in [-0.15, -0.1) is 0 Å². The fourth-order valence-corrected chi connectivity index (χ4v) is 2.96. The lowest BCUT2D eigenvalue weighted by Crippen LogP contribution is -2.48. The molecule has 1 aliphatic rings. The molecule has 2 rings (SSSR count). The van der Waals surface area contributed by atoms with Gasteiger partial charge in [-0.05, 0) is 38.3 Å². The van der Waals surface area contributed by atoms with Gasteiger partial charge in [0.25, 0.3) is 0 Å². The second-order valence-electron chi connectivity index (χ2n) is 5.91. The summed E-state index contributed by atoms with van der Waals surface area (Å²) in [4.78, 5) is 2.57.